The molecule has 2 aromatic rings. The van der Waals surface area contributed by atoms with Crippen LogP contribution >= 0.6 is 0 Å². The van der Waals surface area contributed by atoms with Crippen LogP contribution in [0.4, 0.5) is 5.69 Å². The zero-order valence-electron chi connectivity index (χ0n) is 14.5. The normalized spacial score (nSPS) is 15.7. The minimum absolute atomic E-state index is 0.810. The van der Waals surface area contributed by atoms with Crippen molar-refractivity contribution in [3.05, 3.63) is 66.2 Å². The van der Waals surface area contributed by atoms with Gasteiger partial charge in [-0.2, -0.15) is 5.10 Å². The lowest BCUT2D eigenvalue weighted by Crippen LogP contribution is -2.16. The molecule has 24 heavy (non-hydrogen) atoms. The van der Waals surface area contributed by atoms with E-state index in [9.17, 15) is 0 Å². The third-order valence-corrected chi connectivity index (χ3v) is 4.88. The number of hydrogen-bond acceptors (Lipinski definition) is 2. The molecule has 0 atom stereocenters. The molecule has 3 rings (SSSR count). The molecule has 126 valence electrons. The number of hydrogen-bond donors (Lipinski definition) is 0. The Bertz CT molecular complexity index is 600. The summed E-state index contributed by atoms with van der Waals surface area (Å²) in [5.41, 5.74) is 2.43. The minimum atomic E-state index is 0.810. The first-order valence-corrected chi connectivity index (χ1v) is 9.31. The van der Waals surface area contributed by atoms with Crippen LogP contribution in [0.5, 0.6) is 0 Å². The van der Waals surface area contributed by atoms with Gasteiger partial charge in [0.25, 0.3) is 0 Å². The quantitative estimate of drug-likeness (QED) is 0.448. The molecule has 0 heterocycles. The van der Waals surface area contributed by atoms with Crippen molar-refractivity contribution in [1.82, 2.24) is 0 Å². The van der Waals surface area contributed by atoms with Crippen molar-refractivity contribution in [3.63, 3.8) is 0 Å². The molecule has 2 aromatic carbocycles. The van der Waals surface area contributed by atoms with E-state index < -0.39 is 0 Å². The highest BCUT2D eigenvalue weighted by Gasteiger charge is 2.12. The fourth-order valence-electron chi connectivity index (χ4n) is 3.50. The lowest BCUT2D eigenvalue weighted by Gasteiger charge is -2.21. The second-order valence-electron chi connectivity index (χ2n) is 6.76. The van der Waals surface area contributed by atoms with Gasteiger partial charge >= 0.3 is 0 Å². The summed E-state index contributed by atoms with van der Waals surface area (Å²) in [6, 6.07) is 21.0. The molecule has 2 nitrogen and oxygen atoms in total. The molecule has 0 aromatic heterocycles. The molecule has 2 heteroatoms. The fraction of sp³-hybridized carbons (Fsp3) is 0.409. The van der Waals surface area contributed by atoms with Gasteiger partial charge in [-0.15, -0.1) is 0 Å². The van der Waals surface area contributed by atoms with Crippen LogP contribution in [0.2, 0.25) is 0 Å². The minimum Gasteiger partial charge on any atom is -0.261 e. The van der Waals surface area contributed by atoms with Crippen LogP contribution in [0.15, 0.2) is 65.8 Å². The third kappa shape index (κ3) is 5.23. The van der Waals surface area contributed by atoms with Gasteiger partial charge in [0.05, 0.1) is 12.2 Å². The van der Waals surface area contributed by atoms with E-state index in [2.05, 4.69) is 71.9 Å². The van der Waals surface area contributed by atoms with Crippen molar-refractivity contribution in [3.8, 4) is 0 Å². The molecule has 0 bridgehead atoms. The van der Waals surface area contributed by atoms with Crippen LogP contribution < -0.4 is 5.01 Å². The average Bonchev–Trinajstić information content (AvgIpc) is 2.66. The van der Waals surface area contributed by atoms with Crippen LogP contribution in [-0.2, 0) is 6.54 Å². The van der Waals surface area contributed by atoms with E-state index in [0.29, 0.717) is 0 Å². The highest BCUT2D eigenvalue weighted by Crippen LogP contribution is 2.27. The maximum Gasteiger partial charge on any atom is 0.0666 e. The van der Waals surface area contributed by atoms with Gasteiger partial charge in [0.2, 0.25) is 0 Å². The van der Waals surface area contributed by atoms with E-state index in [1.807, 2.05) is 0 Å². The molecule has 1 aliphatic rings. The van der Waals surface area contributed by atoms with Gasteiger partial charge in [-0.3, -0.25) is 5.01 Å². The lowest BCUT2D eigenvalue weighted by molar-refractivity contribution is 0.344. The van der Waals surface area contributed by atoms with Crippen molar-refractivity contribution in [1.29, 1.82) is 0 Å². The Morgan fingerprint density at radius 3 is 2.25 bits per heavy atom. The summed E-state index contributed by atoms with van der Waals surface area (Å²) in [6.45, 7) is 0.810. The predicted octanol–water partition coefficient (Wildman–Crippen LogP) is 6.04. The molecular weight excluding hydrogens is 292 g/mol. The molecule has 1 saturated carbocycles. The van der Waals surface area contributed by atoms with E-state index in [1.165, 1.54) is 44.1 Å². The Balaban J connectivity index is 1.60. The maximum atomic E-state index is 4.78. The standard InChI is InChI=1S/C22H28N2/c1-4-11-20(12-5-1)15-10-18-23-24(22-16-8-3-9-17-22)19-21-13-6-2-7-14-21/h2-3,6-9,13-14,16-18,20H,1,4-5,10-12,15,19H2/b23-18-. The average molecular weight is 320 g/mol. The van der Waals surface area contributed by atoms with Crippen molar-refractivity contribution in [2.24, 2.45) is 11.0 Å². The Morgan fingerprint density at radius 2 is 1.54 bits per heavy atom. The van der Waals surface area contributed by atoms with Gasteiger partial charge in [-0.05, 0) is 36.5 Å². The second-order valence-corrected chi connectivity index (χ2v) is 6.76. The number of nitrogens with zero attached hydrogens (tertiary/aromatic N) is 2. The summed E-state index contributed by atoms with van der Waals surface area (Å²) in [5.74, 6) is 0.921. The monoisotopic (exact) mass is 320 g/mol. The Hall–Kier alpha value is -2.09. The molecular formula is C22H28N2. The summed E-state index contributed by atoms with van der Waals surface area (Å²) in [5, 5.41) is 6.89. The number of anilines is 1. The molecule has 0 N–H and O–H groups in total. The molecule has 1 fully saturated rings. The van der Waals surface area contributed by atoms with Crippen LogP contribution in [0.1, 0.15) is 50.5 Å². The highest BCUT2D eigenvalue weighted by atomic mass is 15.4. The lowest BCUT2D eigenvalue weighted by atomic mass is 9.86. The molecule has 0 radical (unpaired) electrons. The summed E-state index contributed by atoms with van der Waals surface area (Å²) < 4.78 is 0. The van der Waals surface area contributed by atoms with E-state index in [0.717, 1.165) is 24.6 Å². The van der Waals surface area contributed by atoms with Crippen molar-refractivity contribution in [2.75, 3.05) is 5.01 Å². The highest BCUT2D eigenvalue weighted by molar-refractivity contribution is 5.60. The van der Waals surface area contributed by atoms with Crippen molar-refractivity contribution >= 4 is 11.9 Å². The van der Waals surface area contributed by atoms with E-state index >= 15 is 0 Å². The fourth-order valence-corrected chi connectivity index (χ4v) is 3.50. The summed E-state index contributed by atoms with van der Waals surface area (Å²) in [7, 11) is 0. The molecule has 1 aliphatic carbocycles. The molecule has 0 aliphatic heterocycles. The number of rotatable bonds is 7. The van der Waals surface area contributed by atoms with Crippen molar-refractivity contribution in [2.45, 2.75) is 51.5 Å². The topological polar surface area (TPSA) is 15.6 Å². The van der Waals surface area contributed by atoms with Gasteiger partial charge in [0, 0.05) is 6.21 Å². The molecule has 0 spiro atoms. The van der Waals surface area contributed by atoms with Gasteiger partial charge in [-0.1, -0.05) is 80.6 Å². The summed E-state index contributed by atoms with van der Waals surface area (Å²) in [6.07, 6.45) is 11.6. The van der Waals surface area contributed by atoms with Gasteiger partial charge in [0.1, 0.15) is 0 Å². The Kier molecular flexibility index (Phi) is 6.47. The smallest absolute Gasteiger partial charge is 0.0666 e. The number of hydrazone groups is 1. The Labute approximate surface area is 146 Å². The van der Waals surface area contributed by atoms with Crippen LogP contribution in [0.25, 0.3) is 0 Å². The van der Waals surface area contributed by atoms with Gasteiger partial charge < -0.3 is 0 Å². The third-order valence-electron chi connectivity index (χ3n) is 4.88. The first-order valence-electron chi connectivity index (χ1n) is 9.31. The SMILES string of the molecule is C(/CCC1CCCCC1)=N/N(Cc1ccccc1)c1ccccc1. The first kappa shape index (κ1) is 16.8. The first-order chi connectivity index (χ1) is 11.9. The van der Waals surface area contributed by atoms with E-state index in [-0.39, 0.29) is 0 Å². The van der Waals surface area contributed by atoms with Crippen LogP contribution in [0.3, 0.4) is 0 Å². The summed E-state index contributed by atoms with van der Waals surface area (Å²) in [4.78, 5) is 0. The van der Waals surface area contributed by atoms with E-state index in [1.54, 1.807) is 0 Å². The Morgan fingerprint density at radius 1 is 0.875 bits per heavy atom. The van der Waals surface area contributed by atoms with Crippen LogP contribution in [-0.4, -0.2) is 6.21 Å². The molecule has 0 amide bonds. The summed E-state index contributed by atoms with van der Waals surface area (Å²) >= 11 is 0. The van der Waals surface area contributed by atoms with Crippen LogP contribution in [0, 0.1) is 5.92 Å². The molecule has 0 unspecified atom stereocenters. The number of benzene rings is 2. The van der Waals surface area contributed by atoms with E-state index in [4.69, 9.17) is 5.10 Å². The van der Waals surface area contributed by atoms with Crippen molar-refractivity contribution < 1.29 is 0 Å². The zero-order valence-corrected chi connectivity index (χ0v) is 14.5. The predicted molar refractivity (Wildman–Crippen MR) is 103 cm³/mol. The second kappa shape index (κ2) is 9.27. The largest absolute Gasteiger partial charge is 0.261 e. The maximum absolute atomic E-state index is 4.78. The van der Waals surface area contributed by atoms with Gasteiger partial charge in [0.15, 0.2) is 0 Å². The molecule has 0 saturated heterocycles. The van der Waals surface area contributed by atoms with Gasteiger partial charge in [-0.25, -0.2) is 0 Å². The number of para-hydroxylation sites is 1. The zero-order chi connectivity index (χ0) is 16.5.